The van der Waals surface area contributed by atoms with Gasteiger partial charge in [-0.15, -0.1) is 0 Å². The maximum atomic E-state index is 12.2. The van der Waals surface area contributed by atoms with Crippen LogP contribution in [0, 0.1) is 6.42 Å². The van der Waals surface area contributed by atoms with Crippen LogP contribution in [-0.2, 0) is 6.54 Å². The van der Waals surface area contributed by atoms with E-state index in [9.17, 15) is 9.59 Å². The first-order valence-corrected chi connectivity index (χ1v) is 6.10. The fraction of sp³-hybridized carbons (Fsp3) is 0.0625. The topological polar surface area (TPSA) is 39.1 Å². The second kappa shape index (κ2) is 4.69. The summed E-state index contributed by atoms with van der Waals surface area (Å²) in [4.78, 5) is 24.3. The van der Waals surface area contributed by atoms with Crippen molar-refractivity contribution in [1.29, 1.82) is 0 Å². The molecule has 0 atom stereocenters. The lowest BCUT2D eigenvalue weighted by molar-refractivity contribution is 0.738. The van der Waals surface area contributed by atoms with Crippen LogP contribution < -0.4 is 11.1 Å². The Morgan fingerprint density at radius 2 is 1.32 bits per heavy atom. The van der Waals surface area contributed by atoms with E-state index < -0.39 is 0 Å². The van der Waals surface area contributed by atoms with Gasteiger partial charge in [0, 0.05) is 23.7 Å². The molecule has 2 aromatic heterocycles. The summed E-state index contributed by atoms with van der Waals surface area (Å²) < 4.78 is 1.28. The van der Waals surface area contributed by atoms with Crippen LogP contribution in [0.2, 0.25) is 0 Å². The van der Waals surface area contributed by atoms with Crippen LogP contribution in [0.4, 0.5) is 0 Å². The van der Waals surface area contributed by atoms with Crippen molar-refractivity contribution in [1.82, 2.24) is 4.57 Å². The van der Waals surface area contributed by atoms with Crippen molar-refractivity contribution >= 4 is 10.8 Å². The van der Waals surface area contributed by atoms with Gasteiger partial charge in [0.25, 0.3) is 11.1 Å². The highest BCUT2D eigenvalue weighted by atomic mass is 16.2. The summed E-state index contributed by atoms with van der Waals surface area (Å²) in [5, 5.41) is 1.10. The molecule has 4 rings (SSSR count). The summed E-state index contributed by atoms with van der Waals surface area (Å²) in [6, 6.07) is 16.4. The second-order valence-electron chi connectivity index (χ2n) is 4.41. The summed E-state index contributed by atoms with van der Waals surface area (Å²) in [6.07, 6.45) is 1.88. The van der Waals surface area contributed by atoms with Crippen LogP contribution in [-0.4, -0.2) is 4.57 Å². The van der Waals surface area contributed by atoms with Crippen molar-refractivity contribution in [2.75, 3.05) is 0 Å². The number of hydrogen-bond acceptors (Lipinski definition) is 2. The molecule has 0 spiro atoms. The average molecular weight is 250 g/mol. The molecule has 0 aliphatic rings. The van der Waals surface area contributed by atoms with E-state index >= 15 is 0 Å². The zero-order chi connectivity index (χ0) is 13.2. The maximum Gasteiger partial charge on any atom is 0.260 e. The van der Waals surface area contributed by atoms with E-state index in [1.54, 1.807) is 24.3 Å². The zero-order valence-electron chi connectivity index (χ0n) is 10.2. The lowest BCUT2D eigenvalue weighted by Gasteiger charge is -2.02. The van der Waals surface area contributed by atoms with Crippen LogP contribution in [0.25, 0.3) is 10.8 Å². The first-order valence-electron chi connectivity index (χ1n) is 6.10. The van der Waals surface area contributed by atoms with Gasteiger partial charge in [0.1, 0.15) is 0 Å². The largest absolute Gasteiger partial charge is 0.274 e. The van der Waals surface area contributed by atoms with Crippen molar-refractivity contribution < 1.29 is 0 Å². The molecule has 93 valence electrons. The Labute approximate surface area is 110 Å². The highest BCUT2D eigenvalue weighted by molar-refractivity contribution is 5.63. The Morgan fingerprint density at radius 3 is 1.84 bits per heavy atom. The van der Waals surface area contributed by atoms with Gasteiger partial charge in [-0.25, -0.2) is 0 Å². The zero-order valence-corrected chi connectivity index (χ0v) is 10.2. The van der Waals surface area contributed by atoms with Gasteiger partial charge in [-0.3, -0.25) is 14.2 Å². The maximum absolute atomic E-state index is 12.2. The Kier molecular flexibility index (Phi) is 2.88. The van der Waals surface area contributed by atoms with E-state index in [-0.39, 0.29) is 17.7 Å². The van der Waals surface area contributed by atoms with Gasteiger partial charge in [-0.1, -0.05) is 30.3 Å². The van der Waals surface area contributed by atoms with E-state index in [2.05, 4.69) is 0 Å². The summed E-state index contributed by atoms with van der Waals surface area (Å²) in [7, 11) is 0. The Hall–Kier alpha value is -2.42. The lowest BCUT2D eigenvalue weighted by atomic mass is 10.1. The molecule has 0 aliphatic carbocycles. The fourth-order valence-corrected chi connectivity index (χ4v) is 2.11. The molecule has 19 heavy (non-hydrogen) atoms. The Morgan fingerprint density at radius 1 is 0.789 bits per heavy atom. The minimum absolute atomic E-state index is 0.239. The van der Waals surface area contributed by atoms with Crippen LogP contribution in [0.1, 0.15) is 5.56 Å². The number of nitrogens with zero attached hydrogens (tertiary/aromatic N) is 1. The molecule has 3 heteroatoms. The van der Waals surface area contributed by atoms with Gasteiger partial charge < -0.3 is 0 Å². The second-order valence-corrected chi connectivity index (χ2v) is 4.41. The third kappa shape index (κ3) is 2.15. The standard InChI is InChI=1S/C16H12NO2/c18-15-13-6-7-14(9-8-13)16(19)17(15)11-10-12-4-2-1-3-5-12/h1-10H,11H2. The number of fused-ring (bicyclic) bond motifs is 4. The van der Waals surface area contributed by atoms with Crippen molar-refractivity contribution in [2.24, 2.45) is 0 Å². The average Bonchev–Trinajstić information content (AvgIpc) is 2.65. The molecule has 0 aliphatic heterocycles. The van der Waals surface area contributed by atoms with Crippen molar-refractivity contribution in [3.63, 3.8) is 0 Å². The van der Waals surface area contributed by atoms with Crippen molar-refractivity contribution in [3.8, 4) is 0 Å². The smallest absolute Gasteiger partial charge is 0.260 e. The lowest BCUT2D eigenvalue weighted by Crippen LogP contribution is -2.29. The van der Waals surface area contributed by atoms with Crippen LogP contribution in [0.3, 0.4) is 0 Å². The van der Waals surface area contributed by atoms with E-state index in [0.29, 0.717) is 10.8 Å². The minimum Gasteiger partial charge on any atom is -0.274 e. The Bertz CT molecular complexity index is 739. The number of benzene rings is 2. The molecule has 0 fully saturated rings. The molecule has 1 radical (unpaired) electrons. The molecule has 0 saturated carbocycles. The molecule has 2 heterocycles. The molecule has 2 aromatic carbocycles. The summed E-state index contributed by atoms with van der Waals surface area (Å²) >= 11 is 0. The van der Waals surface area contributed by atoms with Crippen LogP contribution in [0.15, 0.2) is 64.2 Å². The molecule has 0 unspecified atom stereocenters. The number of hydrogen-bond donors (Lipinski definition) is 0. The molecular formula is C16H12NO2. The van der Waals surface area contributed by atoms with E-state index in [0.717, 1.165) is 5.56 Å². The van der Waals surface area contributed by atoms with Gasteiger partial charge in [-0.05, 0) is 29.8 Å². The van der Waals surface area contributed by atoms with Crippen LogP contribution >= 0.6 is 0 Å². The van der Waals surface area contributed by atoms with Gasteiger partial charge in [0.15, 0.2) is 0 Å². The summed E-state index contributed by atoms with van der Waals surface area (Å²) in [5.41, 5.74) is 0.518. The van der Waals surface area contributed by atoms with Gasteiger partial charge in [0.05, 0.1) is 0 Å². The monoisotopic (exact) mass is 250 g/mol. The summed E-state index contributed by atoms with van der Waals surface area (Å²) in [5.74, 6) is 0. The normalized spacial score (nSPS) is 10.9. The first-order chi connectivity index (χ1) is 9.25. The molecule has 0 amide bonds. The summed E-state index contributed by atoms with van der Waals surface area (Å²) in [6.45, 7) is 0.290. The van der Waals surface area contributed by atoms with Crippen molar-refractivity contribution in [2.45, 2.75) is 6.54 Å². The van der Waals surface area contributed by atoms with E-state index in [4.69, 9.17) is 0 Å². The molecule has 3 nitrogen and oxygen atoms in total. The Balaban J connectivity index is 2.02. The molecule has 2 bridgehead atoms. The molecule has 4 aromatic rings. The van der Waals surface area contributed by atoms with E-state index in [1.807, 2.05) is 36.8 Å². The third-order valence-corrected chi connectivity index (χ3v) is 3.18. The highest BCUT2D eigenvalue weighted by Crippen LogP contribution is 2.04. The van der Waals surface area contributed by atoms with Crippen molar-refractivity contribution in [3.05, 3.63) is 87.3 Å². The van der Waals surface area contributed by atoms with E-state index in [1.165, 1.54) is 4.57 Å². The number of rotatable bonds is 3. The highest BCUT2D eigenvalue weighted by Gasteiger charge is 2.06. The molecular weight excluding hydrogens is 238 g/mol. The van der Waals surface area contributed by atoms with Gasteiger partial charge in [-0.2, -0.15) is 0 Å². The SMILES string of the molecule is O=c1c2ccc(cc2)c(=O)n1C[CH]c1ccccc1. The predicted octanol–water partition coefficient (Wildman–Crippen LogP) is 2.05. The molecule has 0 N–H and O–H groups in total. The minimum atomic E-state index is -0.239. The number of aromatic nitrogens is 1. The van der Waals surface area contributed by atoms with Crippen LogP contribution in [0.5, 0.6) is 0 Å². The third-order valence-electron chi connectivity index (χ3n) is 3.18. The quantitative estimate of drug-likeness (QED) is 0.713. The van der Waals surface area contributed by atoms with Gasteiger partial charge in [0.2, 0.25) is 0 Å². The fourth-order valence-electron chi connectivity index (χ4n) is 2.11. The predicted molar refractivity (Wildman–Crippen MR) is 75.5 cm³/mol. The first kappa shape index (κ1) is 11.7. The van der Waals surface area contributed by atoms with Gasteiger partial charge >= 0.3 is 0 Å². The molecule has 0 saturated heterocycles.